The summed E-state index contributed by atoms with van der Waals surface area (Å²) >= 11 is 0. The van der Waals surface area contributed by atoms with Crippen LogP contribution in [-0.4, -0.2) is 35.7 Å². The van der Waals surface area contributed by atoms with E-state index in [9.17, 15) is 5.11 Å². The third kappa shape index (κ3) is 1.38. The third-order valence-corrected chi connectivity index (χ3v) is 3.45. The van der Waals surface area contributed by atoms with E-state index in [1.807, 2.05) is 0 Å². The molecule has 0 aromatic heterocycles. The summed E-state index contributed by atoms with van der Waals surface area (Å²) in [5, 5.41) is 10.2. The maximum Gasteiger partial charge on any atom is 0.0927 e. The summed E-state index contributed by atoms with van der Waals surface area (Å²) in [6, 6.07) is 0. The standard InChI is InChI=1S/C10H19NO/c1-11-7-10(12,8-11)9-5-3-2-4-6-9/h9,12H,2-8H2,1H3. The number of hydrogen-bond acceptors (Lipinski definition) is 2. The quantitative estimate of drug-likeness (QED) is 0.638. The van der Waals surface area contributed by atoms with Crippen molar-refractivity contribution in [1.29, 1.82) is 0 Å². The van der Waals surface area contributed by atoms with E-state index in [-0.39, 0.29) is 5.60 Å². The lowest BCUT2D eigenvalue weighted by molar-refractivity contribution is -0.134. The van der Waals surface area contributed by atoms with Crippen molar-refractivity contribution in [2.45, 2.75) is 37.7 Å². The summed E-state index contributed by atoms with van der Waals surface area (Å²) in [6.07, 6.45) is 6.55. The molecule has 2 fully saturated rings. The lowest BCUT2D eigenvalue weighted by atomic mass is 9.73. The molecule has 2 aliphatic rings. The Morgan fingerprint density at radius 1 is 1.17 bits per heavy atom. The van der Waals surface area contributed by atoms with Gasteiger partial charge in [-0.3, -0.25) is 0 Å². The van der Waals surface area contributed by atoms with E-state index in [0.717, 1.165) is 13.1 Å². The molecule has 0 aromatic rings. The van der Waals surface area contributed by atoms with Crippen LogP contribution in [0.4, 0.5) is 0 Å². The number of β-amino-alcohol motifs (C(OH)–C–C–N with tert-alkyl or cyclic N) is 1. The minimum Gasteiger partial charge on any atom is -0.387 e. The Labute approximate surface area is 74.6 Å². The largest absolute Gasteiger partial charge is 0.387 e. The highest BCUT2D eigenvalue weighted by Gasteiger charge is 2.45. The zero-order valence-electron chi connectivity index (χ0n) is 7.92. The van der Waals surface area contributed by atoms with E-state index in [0.29, 0.717) is 5.92 Å². The van der Waals surface area contributed by atoms with Gasteiger partial charge in [-0.25, -0.2) is 0 Å². The molecule has 1 N–H and O–H groups in total. The van der Waals surface area contributed by atoms with Crippen LogP contribution in [-0.2, 0) is 0 Å². The van der Waals surface area contributed by atoms with Crippen LogP contribution in [0, 0.1) is 5.92 Å². The van der Waals surface area contributed by atoms with Crippen LogP contribution in [0.3, 0.4) is 0 Å². The molecule has 0 spiro atoms. The molecule has 1 heterocycles. The predicted octanol–water partition coefficient (Wildman–Crippen LogP) is 1.24. The molecule has 0 unspecified atom stereocenters. The Morgan fingerprint density at radius 2 is 1.75 bits per heavy atom. The number of aliphatic hydroxyl groups is 1. The smallest absolute Gasteiger partial charge is 0.0927 e. The van der Waals surface area contributed by atoms with Gasteiger partial charge in [-0.15, -0.1) is 0 Å². The Balaban J connectivity index is 1.90. The maximum atomic E-state index is 10.2. The van der Waals surface area contributed by atoms with Crippen LogP contribution in [0.5, 0.6) is 0 Å². The molecule has 2 nitrogen and oxygen atoms in total. The van der Waals surface area contributed by atoms with Crippen LogP contribution in [0.1, 0.15) is 32.1 Å². The van der Waals surface area contributed by atoms with Gasteiger partial charge in [0.25, 0.3) is 0 Å². The Morgan fingerprint density at radius 3 is 2.25 bits per heavy atom. The number of likely N-dealkylation sites (N-methyl/N-ethyl adjacent to an activating group) is 1. The molecule has 0 atom stereocenters. The minimum atomic E-state index is -0.310. The van der Waals surface area contributed by atoms with E-state index in [2.05, 4.69) is 11.9 Å². The predicted molar refractivity (Wildman–Crippen MR) is 49.0 cm³/mol. The first-order valence-corrected chi connectivity index (χ1v) is 5.12. The van der Waals surface area contributed by atoms with Gasteiger partial charge in [0.05, 0.1) is 5.60 Å². The molecule has 12 heavy (non-hydrogen) atoms. The summed E-state index contributed by atoms with van der Waals surface area (Å²) < 4.78 is 0. The fourth-order valence-corrected chi connectivity index (χ4v) is 2.79. The van der Waals surface area contributed by atoms with Crippen LogP contribution in [0.2, 0.25) is 0 Å². The van der Waals surface area contributed by atoms with Crippen LogP contribution >= 0.6 is 0 Å². The fraction of sp³-hybridized carbons (Fsp3) is 1.00. The second-order valence-electron chi connectivity index (χ2n) is 4.61. The molecular weight excluding hydrogens is 150 g/mol. The zero-order chi connectivity index (χ0) is 8.60. The number of nitrogens with zero attached hydrogens (tertiary/aromatic N) is 1. The topological polar surface area (TPSA) is 23.5 Å². The van der Waals surface area contributed by atoms with Gasteiger partial charge in [0.15, 0.2) is 0 Å². The lowest BCUT2D eigenvalue weighted by Crippen LogP contribution is -2.64. The van der Waals surface area contributed by atoms with Crippen LogP contribution < -0.4 is 0 Å². The van der Waals surface area contributed by atoms with Crippen molar-refractivity contribution >= 4 is 0 Å². The zero-order valence-corrected chi connectivity index (χ0v) is 7.92. The van der Waals surface area contributed by atoms with E-state index < -0.39 is 0 Å². The summed E-state index contributed by atoms with van der Waals surface area (Å²) in [7, 11) is 2.08. The average molecular weight is 169 g/mol. The summed E-state index contributed by atoms with van der Waals surface area (Å²) in [5.74, 6) is 0.599. The molecule has 2 heteroatoms. The van der Waals surface area contributed by atoms with Crippen molar-refractivity contribution in [3.8, 4) is 0 Å². The van der Waals surface area contributed by atoms with Crippen molar-refractivity contribution in [3.63, 3.8) is 0 Å². The summed E-state index contributed by atoms with van der Waals surface area (Å²) in [5.41, 5.74) is -0.310. The van der Waals surface area contributed by atoms with Gasteiger partial charge in [-0.1, -0.05) is 19.3 Å². The normalized spacial score (nSPS) is 31.5. The Bertz CT molecular complexity index is 157. The van der Waals surface area contributed by atoms with E-state index >= 15 is 0 Å². The van der Waals surface area contributed by atoms with Crippen molar-refractivity contribution in [2.75, 3.05) is 20.1 Å². The highest BCUT2D eigenvalue weighted by Crippen LogP contribution is 2.37. The van der Waals surface area contributed by atoms with Gasteiger partial charge in [0, 0.05) is 13.1 Å². The number of hydrogen-bond donors (Lipinski definition) is 1. The molecule has 1 saturated heterocycles. The molecule has 1 aliphatic heterocycles. The van der Waals surface area contributed by atoms with Gasteiger partial charge in [-0.2, -0.15) is 0 Å². The molecule has 0 amide bonds. The maximum absolute atomic E-state index is 10.2. The number of rotatable bonds is 1. The molecule has 70 valence electrons. The van der Waals surface area contributed by atoms with Gasteiger partial charge >= 0.3 is 0 Å². The minimum absolute atomic E-state index is 0.310. The molecular formula is C10H19NO. The van der Waals surface area contributed by atoms with Crippen LogP contribution in [0.25, 0.3) is 0 Å². The first-order chi connectivity index (χ1) is 5.71. The van der Waals surface area contributed by atoms with Gasteiger partial charge in [0.2, 0.25) is 0 Å². The summed E-state index contributed by atoms with van der Waals surface area (Å²) in [6.45, 7) is 1.80. The van der Waals surface area contributed by atoms with Crippen molar-refractivity contribution in [3.05, 3.63) is 0 Å². The third-order valence-electron chi connectivity index (χ3n) is 3.45. The molecule has 0 aromatic carbocycles. The first-order valence-electron chi connectivity index (χ1n) is 5.12. The lowest BCUT2D eigenvalue weighted by Gasteiger charge is -2.50. The second kappa shape index (κ2) is 3.00. The van der Waals surface area contributed by atoms with Crippen LogP contribution in [0.15, 0.2) is 0 Å². The molecule has 0 bridgehead atoms. The monoisotopic (exact) mass is 169 g/mol. The van der Waals surface area contributed by atoms with Gasteiger partial charge in [-0.05, 0) is 25.8 Å². The fourth-order valence-electron chi connectivity index (χ4n) is 2.79. The van der Waals surface area contributed by atoms with E-state index in [1.54, 1.807) is 0 Å². The average Bonchev–Trinajstić information content (AvgIpc) is 2.04. The molecule has 1 aliphatic carbocycles. The van der Waals surface area contributed by atoms with Crippen molar-refractivity contribution < 1.29 is 5.11 Å². The van der Waals surface area contributed by atoms with Gasteiger partial charge in [0.1, 0.15) is 0 Å². The van der Waals surface area contributed by atoms with Crippen molar-refractivity contribution in [1.82, 2.24) is 4.90 Å². The Kier molecular flexibility index (Phi) is 2.13. The molecule has 1 saturated carbocycles. The molecule has 2 rings (SSSR count). The highest BCUT2D eigenvalue weighted by molar-refractivity contribution is 4.99. The Hall–Kier alpha value is -0.0800. The van der Waals surface area contributed by atoms with Crippen molar-refractivity contribution in [2.24, 2.45) is 5.92 Å². The number of likely N-dealkylation sites (tertiary alicyclic amines) is 1. The SMILES string of the molecule is CN1CC(O)(C2CCCCC2)C1. The second-order valence-corrected chi connectivity index (χ2v) is 4.61. The van der Waals surface area contributed by atoms with Gasteiger partial charge < -0.3 is 10.0 Å². The first kappa shape index (κ1) is 8.52. The summed E-state index contributed by atoms with van der Waals surface area (Å²) in [4.78, 5) is 2.20. The van der Waals surface area contributed by atoms with E-state index in [4.69, 9.17) is 0 Å². The highest BCUT2D eigenvalue weighted by atomic mass is 16.3. The molecule has 0 radical (unpaired) electrons. The van der Waals surface area contributed by atoms with E-state index in [1.165, 1.54) is 32.1 Å².